The van der Waals surface area contributed by atoms with Gasteiger partial charge in [0, 0.05) is 24.6 Å². The van der Waals surface area contributed by atoms with Gasteiger partial charge < -0.3 is 15.0 Å². The third kappa shape index (κ3) is 8.87. The van der Waals surface area contributed by atoms with Crippen molar-refractivity contribution in [2.24, 2.45) is 0 Å². The van der Waals surface area contributed by atoms with Gasteiger partial charge in [-0.1, -0.05) is 44.4 Å². The van der Waals surface area contributed by atoms with Crippen LogP contribution >= 0.6 is 0 Å². The quantitative estimate of drug-likeness (QED) is 0.403. The molecule has 1 fully saturated rings. The molecule has 0 bridgehead atoms. The Morgan fingerprint density at radius 3 is 2.37 bits per heavy atom. The molecule has 0 saturated heterocycles. The Labute approximate surface area is 205 Å². The molecule has 1 aromatic carbocycles. The van der Waals surface area contributed by atoms with Gasteiger partial charge in [0.1, 0.15) is 5.75 Å². The van der Waals surface area contributed by atoms with Crippen molar-refractivity contribution in [3.63, 3.8) is 0 Å². The third-order valence-electron chi connectivity index (χ3n) is 6.09. The standard InChI is InChI=1S/C24H34F2N2O6S/c1-3-19(22(30)23(31)28(4-2)18-11-6-5-7-12-18)27-21(29)14-15-35(32,33)16-17-10-8-9-13-20(17)34-24(25)26/h8-10,13,18-19,24H,3-7,11-12,14-16H2,1-2H3,(H,27,29). The molecule has 196 valence electrons. The van der Waals surface area contributed by atoms with Crippen LogP contribution in [0.2, 0.25) is 0 Å². The number of rotatable bonds is 13. The van der Waals surface area contributed by atoms with Crippen molar-refractivity contribution < 1.29 is 36.3 Å². The zero-order valence-corrected chi connectivity index (χ0v) is 21.0. The Balaban J connectivity index is 1.95. The van der Waals surface area contributed by atoms with E-state index in [-0.39, 0.29) is 23.8 Å². The van der Waals surface area contributed by atoms with Crippen molar-refractivity contribution in [3.8, 4) is 5.75 Å². The zero-order chi connectivity index (χ0) is 26.0. The SMILES string of the molecule is CCC(NC(=O)CCS(=O)(=O)Cc1ccccc1OC(F)F)C(=O)C(=O)N(CC)C1CCCCC1. The van der Waals surface area contributed by atoms with E-state index in [9.17, 15) is 31.6 Å². The molecule has 1 saturated carbocycles. The first-order chi connectivity index (χ1) is 16.6. The molecule has 35 heavy (non-hydrogen) atoms. The van der Waals surface area contributed by atoms with Crippen LogP contribution in [0.4, 0.5) is 8.78 Å². The number of hydrogen-bond donors (Lipinski definition) is 1. The number of nitrogens with zero attached hydrogens (tertiary/aromatic N) is 1. The number of benzene rings is 1. The fourth-order valence-electron chi connectivity index (χ4n) is 4.26. The minimum atomic E-state index is -3.84. The fourth-order valence-corrected chi connectivity index (χ4v) is 5.61. The molecule has 1 N–H and O–H groups in total. The minimum Gasteiger partial charge on any atom is -0.435 e. The van der Waals surface area contributed by atoms with Crippen LogP contribution in [0, 0.1) is 0 Å². The summed E-state index contributed by atoms with van der Waals surface area (Å²) in [5, 5.41) is 2.48. The monoisotopic (exact) mass is 516 g/mol. The first-order valence-electron chi connectivity index (χ1n) is 11.9. The molecule has 0 spiro atoms. The first-order valence-corrected chi connectivity index (χ1v) is 13.8. The van der Waals surface area contributed by atoms with Crippen LogP contribution < -0.4 is 10.1 Å². The summed E-state index contributed by atoms with van der Waals surface area (Å²) in [4.78, 5) is 39.7. The van der Waals surface area contributed by atoms with Crippen LogP contribution in [0.1, 0.15) is 64.4 Å². The Kier molecular flexibility index (Phi) is 11.1. The highest BCUT2D eigenvalue weighted by Crippen LogP contribution is 2.24. The van der Waals surface area contributed by atoms with Gasteiger partial charge in [0.25, 0.3) is 5.91 Å². The number of amides is 2. The van der Waals surface area contributed by atoms with Crippen molar-refractivity contribution in [1.29, 1.82) is 0 Å². The van der Waals surface area contributed by atoms with Crippen LogP contribution in [-0.4, -0.2) is 61.9 Å². The van der Waals surface area contributed by atoms with Gasteiger partial charge in [-0.05, 0) is 32.3 Å². The zero-order valence-electron chi connectivity index (χ0n) is 20.2. The Morgan fingerprint density at radius 1 is 1.11 bits per heavy atom. The molecule has 0 aromatic heterocycles. The largest absolute Gasteiger partial charge is 0.435 e. The number of carbonyl (C=O) groups is 3. The second kappa shape index (κ2) is 13.5. The number of sulfone groups is 1. The van der Waals surface area contributed by atoms with E-state index in [4.69, 9.17) is 0 Å². The number of Topliss-reactive ketones (excluding diaryl/α,β-unsaturated/α-hetero) is 1. The lowest BCUT2D eigenvalue weighted by atomic mass is 9.93. The second-order valence-electron chi connectivity index (χ2n) is 8.60. The van der Waals surface area contributed by atoms with Crippen molar-refractivity contribution in [1.82, 2.24) is 10.2 Å². The number of ketones is 1. The van der Waals surface area contributed by atoms with E-state index in [1.54, 1.807) is 11.8 Å². The number of nitrogens with one attached hydrogen (secondary N) is 1. The molecular formula is C24H34F2N2O6S. The van der Waals surface area contributed by atoms with E-state index in [1.807, 2.05) is 6.92 Å². The maximum atomic E-state index is 12.8. The van der Waals surface area contributed by atoms with Crippen molar-refractivity contribution in [2.45, 2.75) is 83.2 Å². The summed E-state index contributed by atoms with van der Waals surface area (Å²) in [5.41, 5.74) is 0.0581. The van der Waals surface area contributed by atoms with Crippen LogP contribution in [0.25, 0.3) is 0 Å². The van der Waals surface area contributed by atoms with Crippen molar-refractivity contribution in [3.05, 3.63) is 29.8 Å². The summed E-state index contributed by atoms with van der Waals surface area (Å²) in [6.45, 7) is 0.769. The molecule has 1 aliphatic rings. The summed E-state index contributed by atoms with van der Waals surface area (Å²) < 4.78 is 54.5. The summed E-state index contributed by atoms with van der Waals surface area (Å²) in [7, 11) is -3.84. The van der Waals surface area contributed by atoms with Gasteiger partial charge in [-0.3, -0.25) is 14.4 Å². The number of para-hydroxylation sites is 1. The Hall–Kier alpha value is -2.56. The average Bonchev–Trinajstić information content (AvgIpc) is 2.82. The van der Waals surface area contributed by atoms with E-state index in [1.165, 1.54) is 24.3 Å². The lowest BCUT2D eigenvalue weighted by molar-refractivity contribution is -0.148. The summed E-state index contributed by atoms with van der Waals surface area (Å²) in [6.07, 6.45) is 4.56. The van der Waals surface area contributed by atoms with Gasteiger partial charge in [0.15, 0.2) is 9.84 Å². The van der Waals surface area contributed by atoms with Crippen molar-refractivity contribution in [2.75, 3.05) is 12.3 Å². The van der Waals surface area contributed by atoms with Gasteiger partial charge in [0.05, 0.1) is 17.5 Å². The predicted molar refractivity (Wildman–Crippen MR) is 127 cm³/mol. The molecule has 11 heteroatoms. The highest BCUT2D eigenvalue weighted by molar-refractivity contribution is 7.90. The molecule has 0 radical (unpaired) electrons. The lowest BCUT2D eigenvalue weighted by Crippen LogP contribution is -2.51. The highest BCUT2D eigenvalue weighted by Gasteiger charge is 2.33. The van der Waals surface area contributed by atoms with Gasteiger partial charge >= 0.3 is 6.61 Å². The van der Waals surface area contributed by atoms with Crippen LogP contribution in [0.5, 0.6) is 5.75 Å². The van der Waals surface area contributed by atoms with Crippen molar-refractivity contribution >= 4 is 27.4 Å². The summed E-state index contributed by atoms with van der Waals surface area (Å²) in [6, 6.07) is 4.51. The molecule has 0 heterocycles. The molecule has 0 aliphatic heterocycles. The Morgan fingerprint density at radius 2 is 1.77 bits per heavy atom. The maximum absolute atomic E-state index is 12.8. The predicted octanol–water partition coefficient (Wildman–Crippen LogP) is 3.24. The van der Waals surface area contributed by atoms with E-state index in [0.717, 1.165) is 32.1 Å². The Bertz CT molecular complexity index is 980. The molecule has 1 aromatic rings. The number of likely N-dealkylation sites (N-methyl/N-ethyl adjacent to an activating group) is 1. The van der Waals surface area contributed by atoms with Crippen LogP contribution in [0.3, 0.4) is 0 Å². The number of halogens is 2. The second-order valence-corrected chi connectivity index (χ2v) is 10.8. The number of ether oxygens (including phenoxy) is 1. The molecule has 8 nitrogen and oxygen atoms in total. The van der Waals surface area contributed by atoms with E-state index in [2.05, 4.69) is 10.1 Å². The normalized spacial score (nSPS) is 15.5. The topological polar surface area (TPSA) is 110 Å². The fraction of sp³-hybridized carbons (Fsp3) is 0.625. The summed E-state index contributed by atoms with van der Waals surface area (Å²) in [5.74, 6) is -3.40. The lowest BCUT2D eigenvalue weighted by Gasteiger charge is -2.33. The number of alkyl halides is 2. The van der Waals surface area contributed by atoms with Crippen LogP contribution in [-0.2, 0) is 30.0 Å². The number of hydrogen-bond acceptors (Lipinski definition) is 6. The van der Waals surface area contributed by atoms with E-state index in [0.29, 0.717) is 6.54 Å². The third-order valence-corrected chi connectivity index (χ3v) is 7.67. The number of carbonyl (C=O) groups excluding carboxylic acids is 3. The van der Waals surface area contributed by atoms with Gasteiger partial charge in [-0.25, -0.2) is 8.42 Å². The maximum Gasteiger partial charge on any atom is 0.387 e. The molecule has 1 aliphatic carbocycles. The smallest absolute Gasteiger partial charge is 0.387 e. The minimum absolute atomic E-state index is 0.0143. The molecule has 1 unspecified atom stereocenters. The van der Waals surface area contributed by atoms with E-state index < -0.39 is 58.0 Å². The molecule has 1 atom stereocenters. The average molecular weight is 517 g/mol. The van der Waals surface area contributed by atoms with E-state index >= 15 is 0 Å². The highest BCUT2D eigenvalue weighted by atomic mass is 32.2. The van der Waals surface area contributed by atoms with Gasteiger partial charge in [-0.2, -0.15) is 8.78 Å². The molecule has 2 amide bonds. The molecule has 2 rings (SSSR count). The van der Waals surface area contributed by atoms with Gasteiger partial charge in [-0.15, -0.1) is 0 Å². The first kappa shape index (κ1) is 28.7. The van der Waals surface area contributed by atoms with Crippen LogP contribution in [0.15, 0.2) is 24.3 Å². The van der Waals surface area contributed by atoms with Gasteiger partial charge in [0.2, 0.25) is 11.7 Å². The summed E-state index contributed by atoms with van der Waals surface area (Å²) >= 11 is 0. The molecular weight excluding hydrogens is 482 g/mol.